The highest BCUT2D eigenvalue weighted by atomic mass is 16.4. The molecule has 1 heterocycles. The lowest BCUT2D eigenvalue weighted by atomic mass is 10.1. The topological polar surface area (TPSA) is 84.2 Å². The fraction of sp³-hybridized carbons (Fsp3) is 0.615. The van der Waals surface area contributed by atoms with E-state index in [1.165, 1.54) is 0 Å². The number of aliphatic carboxylic acids is 1. The Morgan fingerprint density at radius 2 is 2.11 bits per heavy atom. The number of hydrogen-bond acceptors (Lipinski definition) is 3. The van der Waals surface area contributed by atoms with E-state index in [1.807, 2.05) is 34.0 Å². The van der Waals surface area contributed by atoms with Gasteiger partial charge in [0.2, 0.25) is 5.91 Å². The molecule has 1 aromatic rings. The van der Waals surface area contributed by atoms with Crippen molar-refractivity contribution in [3.63, 3.8) is 0 Å². The third-order valence-electron chi connectivity index (χ3n) is 3.94. The largest absolute Gasteiger partial charge is 0.481 e. The number of carboxylic acids is 1. The van der Waals surface area contributed by atoms with Crippen molar-refractivity contribution in [3.8, 4) is 0 Å². The van der Waals surface area contributed by atoms with Gasteiger partial charge in [0.25, 0.3) is 0 Å². The molecule has 19 heavy (non-hydrogen) atoms. The van der Waals surface area contributed by atoms with E-state index < -0.39 is 23.2 Å². The molecule has 0 unspecified atom stereocenters. The molecular weight excluding hydrogens is 246 g/mol. The van der Waals surface area contributed by atoms with Gasteiger partial charge in [-0.05, 0) is 12.3 Å². The van der Waals surface area contributed by atoms with E-state index in [2.05, 4.69) is 10.4 Å². The molecule has 1 aromatic heterocycles. The van der Waals surface area contributed by atoms with Crippen LogP contribution in [-0.2, 0) is 23.2 Å². The minimum Gasteiger partial charge on any atom is -0.481 e. The molecule has 0 saturated heterocycles. The molecule has 1 saturated carbocycles. The van der Waals surface area contributed by atoms with Crippen LogP contribution < -0.4 is 5.32 Å². The van der Waals surface area contributed by atoms with Gasteiger partial charge in [0.1, 0.15) is 0 Å². The Hall–Kier alpha value is -1.85. The number of hydrogen-bond donors (Lipinski definition) is 2. The van der Waals surface area contributed by atoms with Gasteiger partial charge in [0.15, 0.2) is 0 Å². The van der Waals surface area contributed by atoms with Crippen LogP contribution in [0.2, 0.25) is 0 Å². The van der Waals surface area contributed by atoms with Crippen LogP contribution in [0, 0.1) is 24.2 Å². The first-order valence-corrected chi connectivity index (χ1v) is 6.24. The van der Waals surface area contributed by atoms with Crippen LogP contribution in [0.25, 0.3) is 0 Å². The van der Waals surface area contributed by atoms with Gasteiger partial charge in [0, 0.05) is 25.4 Å². The summed E-state index contributed by atoms with van der Waals surface area (Å²) in [5.74, 6) is -2.12. The lowest BCUT2D eigenvalue weighted by molar-refractivity contribution is -0.140. The summed E-state index contributed by atoms with van der Waals surface area (Å²) in [6.45, 7) is 5.89. The van der Waals surface area contributed by atoms with Crippen molar-refractivity contribution in [2.75, 3.05) is 0 Å². The molecule has 104 valence electrons. The smallest absolute Gasteiger partial charge is 0.307 e. The fourth-order valence-electron chi connectivity index (χ4n) is 2.70. The highest BCUT2D eigenvalue weighted by molar-refractivity contribution is 5.91. The van der Waals surface area contributed by atoms with Crippen LogP contribution in [0.4, 0.5) is 0 Å². The van der Waals surface area contributed by atoms with E-state index in [4.69, 9.17) is 5.11 Å². The Bertz CT molecular complexity index is 533. The number of aromatic nitrogens is 2. The molecule has 0 radical (unpaired) electrons. The predicted octanol–water partition coefficient (Wildman–Crippen LogP) is 0.702. The Labute approximate surface area is 111 Å². The Morgan fingerprint density at radius 1 is 1.47 bits per heavy atom. The molecular formula is C13H19N3O3. The SMILES string of the molecule is Cc1nn(C)cc1CNC(=O)[C@H]1[C@@H](C(=O)O)C1(C)C. The number of nitrogens with zero attached hydrogens (tertiary/aromatic N) is 2. The second kappa shape index (κ2) is 4.36. The fourth-order valence-corrected chi connectivity index (χ4v) is 2.70. The van der Waals surface area contributed by atoms with Crippen LogP contribution in [0.1, 0.15) is 25.1 Å². The molecule has 0 aliphatic heterocycles. The van der Waals surface area contributed by atoms with Gasteiger partial charge in [-0.25, -0.2) is 0 Å². The molecule has 1 amide bonds. The normalized spacial score (nSPS) is 24.0. The molecule has 0 spiro atoms. The van der Waals surface area contributed by atoms with Crippen LogP contribution in [-0.4, -0.2) is 26.8 Å². The highest BCUT2D eigenvalue weighted by Gasteiger charge is 2.65. The monoisotopic (exact) mass is 265 g/mol. The van der Waals surface area contributed by atoms with E-state index in [0.29, 0.717) is 6.54 Å². The molecule has 2 atom stereocenters. The zero-order valence-electron chi connectivity index (χ0n) is 11.6. The number of amides is 1. The summed E-state index contributed by atoms with van der Waals surface area (Å²) in [4.78, 5) is 23.1. The zero-order valence-corrected chi connectivity index (χ0v) is 11.6. The Balaban J connectivity index is 1.96. The van der Waals surface area contributed by atoms with Crippen molar-refractivity contribution in [2.45, 2.75) is 27.3 Å². The lowest BCUT2D eigenvalue weighted by Crippen LogP contribution is -2.27. The van der Waals surface area contributed by atoms with Crippen molar-refractivity contribution < 1.29 is 14.7 Å². The zero-order chi connectivity index (χ0) is 14.4. The van der Waals surface area contributed by atoms with Crippen LogP contribution in [0.5, 0.6) is 0 Å². The van der Waals surface area contributed by atoms with Gasteiger partial charge in [-0.15, -0.1) is 0 Å². The molecule has 2 rings (SSSR count). The number of carbonyl (C=O) groups is 2. The summed E-state index contributed by atoms with van der Waals surface area (Å²) in [5.41, 5.74) is 1.36. The first-order chi connectivity index (χ1) is 8.75. The van der Waals surface area contributed by atoms with Crippen LogP contribution in [0.3, 0.4) is 0 Å². The number of carboxylic acid groups (broad SMARTS) is 1. The van der Waals surface area contributed by atoms with E-state index in [-0.39, 0.29) is 5.91 Å². The number of nitrogens with one attached hydrogen (secondary N) is 1. The first kappa shape index (κ1) is 13.6. The maximum Gasteiger partial charge on any atom is 0.307 e. The van der Waals surface area contributed by atoms with Gasteiger partial charge in [-0.2, -0.15) is 5.10 Å². The summed E-state index contributed by atoms with van der Waals surface area (Å²) in [6, 6.07) is 0. The maximum atomic E-state index is 12.0. The summed E-state index contributed by atoms with van der Waals surface area (Å²) < 4.78 is 1.69. The van der Waals surface area contributed by atoms with Crippen LogP contribution >= 0.6 is 0 Å². The number of carbonyl (C=O) groups excluding carboxylic acids is 1. The third-order valence-corrected chi connectivity index (χ3v) is 3.94. The second-order valence-corrected chi connectivity index (χ2v) is 5.75. The van der Waals surface area contributed by atoms with E-state index >= 15 is 0 Å². The Kier molecular flexibility index (Phi) is 3.12. The summed E-state index contributed by atoms with van der Waals surface area (Å²) in [6.07, 6.45) is 1.85. The maximum absolute atomic E-state index is 12.0. The molecule has 6 nitrogen and oxygen atoms in total. The van der Waals surface area contributed by atoms with Gasteiger partial charge in [0.05, 0.1) is 17.5 Å². The quantitative estimate of drug-likeness (QED) is 0.839. The molecule has 2 N–H and O–H groups in total. The molecule has 1 aliphatic rings. The standard InChI is InChI=1S/C13H19N3O3/c1-7-8(6-16(4)15-7)5-14-11(17)9-10(12(18)19)13(9,2)3/h6,9-10H,5H2,1-4H3,(H,14,17)(H,18,19)/t9-,10+/m1/s1. The highest BCUT2D eigenvalue weighted by Crippen LogP contribution is 2.58. The average molecular weight is 265 g/mol. The van der Waals surface area contributed by atoms with Gasteiger partial charge >= 0.3 is 5.97 Å². The predicted molar refractivity (Wildman–Crippen MR) is 68.2 cm³/mol. The summed E-state index contributed by atoms with van der Waals surface area (Å²) in [5, 5.41) is 16.0. The van der Waals surface area contributed by atoms with Crippen molar-refractivity contribution in [2.24, 2.45) is 24.3 Å². The molecule has 0 aromatic carbocycles. The second-order valence-electron chi connectivity index (χ2n) is 5.75. The minimum atomic E-state index is -0.900. The van der Waals surface area contributed by atoms with Crippen molar-refractivity contribution >= 4 is 11.9 Å². The van der Waals surface area contributed by atoms with E-state index in [0.717, 1.165) is 11.3 Å². The third kappa shape index (κ3) is 2.34. The lowest BCUT2D eigenvalue weighted by Gasteiger charge is -2.05. The Morgan fingerprint density at radius 3 is 2.53 bits per heavy atom. The van der Waals surface area contributed by atoms with Gasteiger partial charge in [-0.1, -0.05) is 13.8 Å². The van der Waals surface area contributed by atoms with Crippen molar-refractivity contribution in [1.82, 2.24) is 15.1 Å². The van der Waals surface area contributed by atoms with Crippen molar-refractivity contribution in [3.05, 3.63) is 17.5 Å². The molecule has 6 heteroatoms. The van der Waals surface area contributed by atoms with Gasteiger partial charge < -0.3 is 10.4 Å². The number of rotatable bonds is 4. The van der Waals surface area contributed by atoms with Crippen molar-refractivity contribution in [1.29, 1.82) is 0 Å². The minimum absolute atomic E-state index is 0.194. The average Bonchev–Trinajstić information content (AvgIpc) is 2.72. The first-order valence-electron chi connectivity index (χ1n) is 6.24. The van der Waals surface area contributed by atoms with E-state index in [1.54, 1.807) is 4.68 Å². The molecule has 1 aliphatic carbocycles. The number of aryl methyl sites for hydroxylation is 2. The molecule has 1 fully saturated rings. The van der Waals surface area contributed by atoms with E-state index in [9.17, 15) is 9.59 Å². The summed E-state index contributed by atoms with van der Waals surface area (Å²) in [7, 11) is 1.82. The van der Waals surface area contributed by atoms with Crippen LogP contribution in [0.15, 0.2) is 6.20 Å². The summed E-state index contributed by atoms with van der Waals surface area (Å²) >= 11 is 0. The molecule has 0 bridgehead atoms. The van der Waals surface area contributed by atoms with Gasteiger partial charge in [-0.3, -0.25) is 14.3 Å².